The fraction of sp³-hybridized carbons (Fsp3) is 0.188. The van der Waals surface area contributed by atoms with Gasteiger partial charge in [0.15, 0.2) is 0 Å². The fourth-order valence-corrected chi connectivity index (χ4v) is 2.58. The molecule has 1 aliphatic carbocycles. The molecule has 2 heteroatoms. The molecular weight excluding hydrogens is 220 g/mol. The molecule has 0 atom stereocenters. The minimum atomic E-state index is 0.441. The van der Waals surface area contributed by atoms with E-state index < -0.39 is 0 Å². The first-order valence-corrected chi connectivity index (χ1v) is 6.18. The van der Waals surface area contributed by atoms with Crippen LogP contribution in [0.15, 0.2) is 48.5 Å². The van der Waals surface area contributed by atoms with Crippen LogP contribution in [0.2, 0.25) is 0 Å². The van der Waals surface area contributed by atoms with Crippen molar-refractivity contribution in [2.45, 2.75) is 18.9 Å². The van der Waals surface area contributed by atoms with E-state index in [0.717, 1.165) is 18.5 Å². The third-order valence-corrected chi connectivity index (χ3v) is 3.41. The second kappa shape index (κ2) is 4.54. The van der Waals surface area contributed by atoms with E-state index in [-0.39, 0.29) is 0 Å². The van der Waals surface area contributed by atoms with Crippen LogP contribution in [-0.4, -0.2) is 6.04 Å². The Bertz CT molecular complexity index is 585. The van der Waals surface area contributed by atoms with Crippen LogP contribution in [0.5, 0.6) is 0 Å². The first-order chi connectivity index (χ1) is 8.85. The van der Waals surface area contributed by atoms with Crippen LogP contribution in [0, 0.1) is 11.3 Å². The number of benzene rings is 2. The summed E-state index contributed by atoms with van der Waals surface area (Å²) in [6.45, 7) is 0. The molecule has 88 valence electrons. The lowest BCUT2D eigenvalue weighted by Crippen LogP contribution is -2.19. The Morgan fingerprint density at radius 2 is 1.72 bits per heavy atom. The topological polar surface area (TPSA) is 35.8 Å². The van der Waals surface area contributed by atoms with Crippen molar-refractivity contribution in [1.29, 1.82) is 5.26 Å². The molecule has 2 nitrogen and oxygen atoms in total. The van der Waals surface area contributed by atoms with Crippen LogP contribution in [0.1, 0.15) is 16.7 Å². The maximum absolute atomic E-state index is 8.89. The van der Waals surface area contributed by atoms with E-state index in [4.69, 9.17) is 5.26 Å². The molecule has 0 aromatic heterocycles. The third kappa shape index (κ3) is 2.08. The lowest BCUT2D eigenvalue weighted by atomic mass is 10.1. The Morgan fingerprint density at radius 3 is 2.39 bits per heavy atom. The zero-order chi connectivity index (χ0) is 12.4. The standard InChI is InChI=1S/C16H14N2/c17-11-12-4-3-7-15(8-12)18-16-9-13-5-1-2-6-14(13)10-16/h1-8,16,18H,9-10H2. The molecule has 0 saturated heterocycles. The lowest BCUT2D eigenvalue weighted by Gasteiger charge is -2.13. The molecule has 0 spiro atoms. The normalized spacial score (nSPS) is 13.9. The predicted molar refractivity (Wildman–Crippen MR) is 72.4 cm³/mol. The summed E-state index contributed by atoms with van der Waals surface area (Å²) in [4.78, 5) is 0. The second-order valence-corrected chi connectivity index (χ2v) is 4.71. The zero-order valence-electron chi connectivity index (χ0n) is 10.1. The van der Waals surface area contributed by atoms with Gasteiger partial charge in [0, 0.05) is 11.7 Å². The number of hydrogen-bond acceptors (Lipinski definition) is 2. The molecule has 0 heterocycles. The van der Waals surface area contributed by atoms with E-state index in [1.54, 1.807) is 0 Å². The summed E-state index contributed by atoms with van der Waals surface area (Å²) in [7, 11) is 0. The highest BCUT2D eigenvalue weighted by molar-refractivity contribution is 5.51. The summed E-state index contributed by atoms with van der Waals surface area (Å²) in [6.07, 6.45) is 2.12. The van der Waals surface area contributed by atoms with Crippen molar-refractivity contribution >= 4 is 5.69 Å². The van der Waals surface area contributed by atoms with Gasteiger partial charge >= 0.3 is 0 Å². The van der Waals surface area contributed by atoms with Gasteiger partial charge in [-0.05, 0) is 42.2 Å². The minimum absolute atomic E-state index is 0.441. The van der Waals surface area contributed by atoms with Gasteiger partial charge in [-0.15, -0.1) is 0 Å². The van der Waals surface area contributed by atoms with Gasteiger partial charge in [-0.25, -0.2) is 0 Å². The number of nitriles is 1. The summed E-state index contributed by atoms with van der Waals surface area (Å²) < 4.78 is 0. The predicted octanol–water partition coefficient (Wildman–Crippen LogP) is 3.14. The maximum Gasteiger partial charge on any atom is 0.0992 e. The molecule has 1 N–H and O–H groups in total. The zero-order valence-corrected chi connectivity index (χ0v) is 10.1. The fourth-order valence-electron chi connectivity index (χ4n) is 2.58. The second-order valence-electron chi connectivity index (χ2n) is 4.71. The Labute approximate surface area is 107 Å². The Morgan fingerprint density at radius 1 is 1.00 bits per heavy atom. The molecular formula is C16H14N2. The monoisotopic (exact) mass is 234 g/mol. The molecule has 0 amide bonds. The SMILES string of the molecule is N#Cc1cccc(NC2Cc3ccccc3C2)c1. The van der Waals surface area contributed by atoms with Gasteiger partial charge in [0.2, 0.25) is 0 Å². The first-order valence-electron chi connectivity index (χ1n) is 6.18. The molecule has 0 saturated carbocycles. The Balaban J connectivity index is 1.74. The van der Waals surface area contributed by atoms with Crippen molar-refractivity contribution in [3.63, 3.8) is 0 Å². The maximum atomic E-state index is 8.89. The highest BCUT2D eigenvalue weighted by Gasteiger charge is 2.20. The average Bonchev–Trinajstić information content (AvgIpc) is 2.81. The van der Waals surface area contributed by atoms with Crippen molar-refractivity contribution in [2.24, 2.45) is 0 Å². The molecule has 2 aromatic carbocycles. The van der Waals surface area contributed by atoms with Gasteiger partial charge in [0.05, 0.1) is 11.6 Å². The molecule has 1 aliphatic rings. The van der Waals surface area contributed by atoms with E-state index in [1.807, 2.05) is 24.3 Å². The summed E-state index contributed by atoms with van der Waals surface area (Å²) in [6, 6.07) is 18.9. The molecule has 3 rings (SSSR count). The molecule has 0 radical (unpaired) electrons. The van der Waals surface area contributed by atoms with E-state index in [0.29, 0.717) is 11.6 Å². The largest absolute Gasteiger partial charge is 0.382 e. The molecule has 2 aromatic rings. The summed E-state index contributed by atoms with van der Waals surface area (Å²) in [5.41, 5.74) is 4.61. The van der Waals surface area contributed by atoms with Crippen LogP contribution < -0.4 is 5.32 Å². The highest BCUT2D eigenvalue weighted by Crippen LogP contribution is 2.24. The van der Waals surface area contributed by atoms with Gasteiger partial charge in [0.25, 0.3) is 0 Å². The molecule has 18 heavy (non-hydrogen) atoms. The first kappa shape index (κ1) is 10.9. The van der Waals surface area contributed by atoms with Crippen molar-refractivity contribution in [2.75, 3.05) is 5.32 Å². The van der Waals surface area contributed by atoms with Crippen molar-refractivity contribution in [3.8, 4) is 6.07 Å². The van der Waals surface area contributed by atoms with Crippen molar-refractivity contribution in [3.05, 3.63) is 65.2 Å². The van der Waals surface area contributed by atoms with Crippen LogP contribution >= 0.6 is 0 Å². The molecule has 0 fully saturated rings. The molecule has 0 unspecified atom stereocenters. The highest BCUT2D eigenvalue weighted by atomic mass is 14.9. The average molecular weight is 234 g/mol. The van der Waals surface area contributed by atoms with Gasteiger partial charge in [-0.1, -0.05) is 30.3 Å². The third-order valence-electron chi connectivity index (χ3n) is 3.41. The summed E-state index contributed by atoms with van der Waals surface area (Å²) >= 11 is 0. The number of anilines is 1. The Kier molecular flexibility index (Phi) is 2.74. The van der Waals surface area contributed by atoms with Gasteiger partial charge in [-0.3, -0.25) is 0 Å². The van der Waals surface area contributed by atoms with Crippen LogP contribution in [0.3, 0.4) is 0 Å². The lowest BCUT2D eigenvalue weighted by molar-refractivity contribution is 0.774. The molecule has 0 aliphatic heterocycles. The Hall–Kier alpha value is -2.27. The minimum Gasteiger partial charge on any atom is -0.382 e. The van der Waals surface area contributed by atoms with E-state index in [9.17, 15) is 0 Å². The van der Waals surface area contributed by atoms with E-state index in [1.165, 1.54) is 11.1 Å². The van der Waals surface area contributed by atoms with Gasteiger partial charge < -0.3 is 5.32 Å². The number of rotatable bonds is 2. The number of nitrogens with one attached hydrogen (secondary N) is 1. The number of hydrogen-bond donors (Lipinski definition) is 1. The van der Waals surface area contributed by atoms with Crippen LogP contribution in [-0.2, 0) is 12.8 Å². The molecule has 0 bridgehead atoms. The van der Waals surface area contributed by atoms with Gasteiger partial charge in [0.1, 0.15) is 0 Å². The number of fused-ring (bicyclic) bond motifs is 1. The van der Waals surface area contributed by atoms with E-state index in [2.05, 4.69) is 35.7 Å². The van der Waals surface area contributed by atoms with Gasteiger partial charge in [-0.2, -0.15) is 5.26 Å². The van der Waals surface area contributed by atoms with E-state index >= 15 is 0 Å². The van der Waals surface area contributed by atoms with Crippen LogP contribution in [0.4, 0.5) is 5.69 Å². The summed E-state index contributed by atoms with van der Waals surface area (Å²) in [5, 5.41) is 12.4. The van der Waals surface area contributed by atoms with Crippen molar-refractivity contribution in [1.82, 2.24) is 0 Å². The number of nitrogens with zero attached hydrogens (tertiary/aromatic N) is 1. The van der Waals surface area contributed by atoms with Crippen LogP contribution in [0.25, 0.3) is 0 Å². The quantitative estimate of drug-likeness (QED) is 0.866. The summed E-state index contributed by atoms with van der Waals surface area (Å²) in [5.74, 6) is 0. The van der Waals surface area contributed by atoms with Crippen molar-refractivity contribution < 1.29 is 0 Å². The smallest absolute Gasteiger partial charge is 0.0992 e.